The highest BCUT2D eigenvalue weighted by atomic mass is 16.7. The topological polar surface area (TPSA) is 143 Å². The molecular formula is C20H24O9. The molecule has 1 aliphatic heterocycles. The van der Waals surface area contributed by atoms with Gasteiger partial charge in [0, 0.05) is 24.7 Å². The summed E-state index contributed by atoms with van der Waals surface area (Å²) < 4.78 is 15.2. The molecule has 9 heteroatoms. The Morgan fingerprint density at radius 1 is 1.10 bits per heavy atom. The number of aliphatic hydroxyl groups excluding tert-OH is 4. The highest BCUT2D eigenvalue weighted by molar-refractivity contribution is 5.88. The van der Waals surface area contributed by atoms with Crippen molar-refractivity contribution in [2.45, 2.75) is 37.1 Å². The predicted molar refractivity (Wildman–Crippen MR) is 100 cm³/mol. The van der Waals surface area contributed by atoms with Crippen molar-refractivity contribution in [3.8, 4) is 0 Å². The fourth-order valence-corrected chi connectivity index (χ4v) is 2.53. The van der Waals surface area contributed by atoms with Gasteiger partial charge in [0.2, 0.25) is 6.29 Å². The van der Waals surface area contributed by atoms with E-state index in [0.717, 1.165) is 11.6 Å². The summed E-state index contributed by atoms with van der Waals surface area (Å²) in [7, 11) is 0. The molecule has 9 nitrogen and oxygen atoms in total. The van der Waals surface area contributed by atoms with Gasteiger partial charge in [-0.3, -0.25) is 0 Å². The van der Waals surface area contributed by atoms with Gasteiger partial charge in [-0.1, -0.05) is 36.9 Å². The Balaban J connectivity index is 1.95. The molecule has 158 valence electrons. The molecule has 2 rings (SSSR count). The number of ether oxygens (including phenoxy) is 3. The first-order valence-electron chi connectivity index (χ1n) is 8.92. The lowest BCUT2D eigenvalue weighted by Gasteiger charge is -2.39. The number of esters is 2. The fraction of sp³-hybridized carbons (Fsp3) is 0.400. The zero-order valence-electron chi connectivity index (χ0n) is 15.6. The highest BCUT2D eigenvalue weighted by Crippen LogP contribution is 2.23. The highest BCUT2D eigenvalue weighted by Gasteiger charge is 2.45. The van der Waals surface area contributed by atoms with Crippen molar-refractivity contribution >= 4 is 18.0 Å². The SMILES string of the molecule is C=C(CCO)C(=O)OC[C@H]1O[C@@H](OC(=O)/C=C\c2ccccc2)[C@H](O)[C@@H](O)[C@@H]1O. The van der Waals surface area contributed by atoms with Crippen molar-refractivity contribution in [3.05, 3.63) is 54.1 Å². The number of hydrogen-bond donors (Lipinski definition) is 4. The number of hydrogen-bond acceptors (Lipinski definition) is 9. The fourth-order valence-electron chi connectivity index (χ4n) is 2.53. The summed E-state index contributed by atoms with van der Waals surface area (Å²) in [5, 5.41) is 38.8. The van der Waals surface area contributed by atoms with E-state index in [1.807, 2.05) is 6.07 Å². The number of aliphatic hydroxyl groups is 4. The second-order valence-corrected chi connectivity index (χ2v) is 6.37. The van der Waals surface area contributed by atoms with Crippen LogP contribution >= 0.6 is 0 Å². The summed E-state index contributed by atoms with van der Waals surface area (Å²) in [6, 6.07) is 8.94. The quantitative estimate of drug-likeness (QED) is 0.332. The normalized spacial score (nSPS) is 26.8. The lowest BCUT2D eigenvalue weighted by molar-refractivity contribution is -0.291. The van der Waals surface area contributed by atoms with Crippen molar-refractivity contribution < 1.29 is 44.2 Å². The van der Waals surface area contributed by atoms with E-state index in [4.69, 9.17) is 19.3 Å². The van der Waals surface area contributed by atoms with Gasteiger partial charge >= 0.3 is 11.9 Å². The molecule has 1 aliphatic rings. The first-order valence-corrected chi connectivity index (χ1v) is 8.92. The Bertz CT molecular complexity index is 731. The van der Waals surface area contributed by atoms with Gasteiger partial charge in [-0.05, 0) is 11.6 Å². The van der Waals surface area contributed by atoms with Crippen LogP contribution in [0.2, 0.25) is 0 Å². The van der Waals surface area contributed by atoms with Crippen LogP contribution in [0.15, 0.2) is 48.6 Å². The Labute approximate surface area is 167 Å². The van der Waals surface area contributed by atoms with E-state index >= 15 is 0 Å². The molecule has 0 spiro atoms. The summed E-state index contributed by atoms with van der Waals surface area (Å²) in [4.78, 5) is 23.7. The van der Waals surface area contributed by atoms with Crippen molar-refractivity contribution in [1.29, 1.82) is 0 Å². The van der Waals surface area contributed by atoms with E-state index in [9.17, 15) is 24.9 Å². The maximum Gasteiger partial charge on any atom is 0.333 e. The van der Waals surface area contributed by atoms with E-state index in [1.54, 1.807) is 24.3 Å². The molecule has 0 amide bonds. The number of carbonyl (C=O) groups is 2. The largest absolute Gasteiger partial charge is 0.459 e. The minimum atomic E-state index is -1.70. The molecule has 1 fully saturated rings. The van der Waals surface area contributed by atoms with Gasteiger partial charge in [0.05, 0.1) is 0 Å². The van der Waals surface area contributed by atoms with E-state index in [-0.39, 0.29) is 18.6 Å². The summed E-state index contributed by atoms with van der Waals surface area (Å²) >= 11 is 0. The summed E-state index contributed by atoms with van der Waals surface area (Å²) in [6.07, 6.45) is -5.17. The van der Waals surface area contributed by atoms with Crippen LogP contribution < -0.4 is 0 Å². The molecule has 29 heavy (non-hydrogen) atoms. The lowest BCUT2D eigenvalue weighted by atomic mass is 9.99. The van der Waals surface area contributed by atoms with Crippen LogP contribution in [0.5, 0.6) is 0 Å². The van der Waals surface area contributed by atoms with E-state index in [2.05, 4.69) is 6.58 Å². The van der Waals surface area contributed by atoms with Gasteiger partial charge in [-0.25, -0.2) is 9.59 Å². The van der Waals surface area contributed by atoms with E-state index < -0.39 is 49.3 Å². The third-order valence-corrected chi connectivity index (χ3v) is 4.19. The summed E-state index contributed by atoms with van der Waals surface area (Å²) in [5.41, 5.74) is 0.769. The van der Waals surface area contributed by atoms with Gasteiger partial charge in [-0.2, -0.15) is 0 Å². The molecule has 5 atom stereocenters. The molecular weight excluding hydrogens is 384 g/mol. The molecule has 1 aromatic rings. The molecule has 0 unspecified atom stereocenters. The molecule has 0 saturated carbocycles. The van der Waals surface area contributed by atoms with Gasteiger partial charge in [0.15, 0.2) is 0 Å². The van der Waals surface area contributed by atoms with E-state index in [1.165, 1.54) is 6.08 Å². The molecule has 1 heterocycles. The second kappa shape index (κ2) is 10.8. The number of rotatable bonds is 8. The summed E-state index contributed by atoms with van der Waals surface area (Å²) in [6.45, 7) is 2.68. The molecule has 1 aromatic carbocycles. The minimum absolute atomic E-state index is 0.0161. The van der Waals surface area contributed by atoms with Crippen LogP contribution in [0, 0.1) is 0 Å². The third kappa shape index (κ3) is 6.48. The second-order valence-electron chi connectivity index (χ2n) is 6.37. The van der Waals surface area contributed by atoms with Crippen LogP contribution in [0.25, 0.3) is 6.08 Å². The van der Waals surface area contributed by atoms with Crippen molar-refractivity contribution in [2.75, 3.05) is 13.2 Å². The molecule has 0 bridgehead atoms. The van der Waals surface area contributed by atoms with Crippen LogP contribution in [0.1, 0.15) is 12.0 Å². The summed E-state index contributed by atoms with van der Waals surface area (Å²) in [5.74, 6) is -1.65. The lowest BCUT2D eigenvalue weighted by Crippen LogP contribution is -2.59. The first kappa shape index (κ1) is 22.7. The van der Waals surface area contributed by atoms with Gasteiger partial charge in [0.25, 0.3) is 0 Å². The molecule has 1 saturated heterocycles. The molecule has 0 aromatic heterocycles. The van der Waals surface area contributed by atoms with Crippen LogP contribution in [0.4, 0.5) is 0 Å². The standard InChI is InChI=1S/C20H24O9/c1-12(9-10-21)19(26)27-11-14-16(23)17(24)18(25)20(28-14)29-15(22)8-7-13-5-3-2-4-6-13/h2-8,14,16-18,20-21,23-25H,1,9-11H2/b8-7-/t14-,16-,17+,18-,20+/m1/s1. The third-order valence-electron chi connectivity index (χ3n) is 4.19. The maximum atomic E-state index is 12.0. The van der Waals surface area contributed by atoms with Crippen molar-refractivity contribution in [1.82, 2.24) is 0 Å². The van der Waals surface area contributed by atoms with Gasteiger partial charge < -0.3 is 34.6 Å². The monoisotopic (exact) mass is 408 g/mol. The predicted octanol–water partition coefficient (Wildman–Crippen LogP) is -0.468. The van der Waals surface area contributed by atoms with Gasteiger partial charge in [0.1, 0.15) is 31.0 Å². The molecule has 0 aliphatic carbocycles. The molecule has 0 radical (unpaired) electrons. The van der Waals surface area contributed by atoms with E-state index in [0.29, 0.717) is 0 Å². The molecule has 4 N–H and O–H groups in total. The van der Waals surface area contributed by atoms with Crippen LogP contribution in [0.3, 0.4) is 0 Å². The smallest absolute Gasteiger partial charge is 0.333 e. The average Bonchev–Trinajstić information content (AvgIpc) is 2.72. The Hall–Kier alpha value is -2.56. The first-order chi connectivity index (χ1) is 13.8. The van der Waals surface area contributed by atoms with Crippen LogP contribution in [-0.2, 0) is 23.8 Å². The Kier molecular flexibility index (Phi) is 8.50. The zero-order valence-corrected chi connectivity index (χ0v) is 15.6. The maximum absolute atomic E-state index is 12.0. The minimum Gasteiger partial charge on any atom is -0.459 e. The van der Waals surface area contributed by atoms with Crippen molar-refractivity contribution in [2.24, 2.45) is 0 Å². The van der Waals surface area contributed by atoms with Crippen molar-refractivity contribution in [3.63, 3.8) is 0 Å². The Morgan fingerprint density at radius 2 is 1.79 bits per heavy atom. The number of benzene rings is 1. The average molecular weight is 408 g/mol. The van der Waals surface area contributed by atoms with Gasteiger partial charge in [-0.15, -0.1) is 0 Å². The Morgan fingerprint density at radius 3 is 2.45 bits per heavy atom. The zero-order chi connectivity index (χ0) is 21.4. The van der Waals surface area contributed by atoms with Crippen LogP contribution in [-0.4, -0.2) is 76.3 Å². The number of carbonyl (C=O) groups excluding carboxylic acids is 2.